The molecule has 0 aliphatic heterocycles. The topological polar surface area (TPSA) is 85.4 Å². The summed E-state index contributed by atoms with van der Waals surface area (Å²) >= 11 is 0. The van der Waals surface area contributed by atoms with E-state index in [-0.39, 0.29) is 22.7 Å². The molecule has 0 saturated heterocycles. The SMILES string of the molecule is CS(=O)(Cc1ccc(F)cc1)=NC(=O)c1ccc(-c2noc(C(F)(F)F)n2)cc1. The summed E-state index contributed by atoms with van der Waals surface area (Å²) in [6.45, 7) is 0. The van der Waals surface area contributed by atoms with Gasteiger partial charge in [-0.3, -0.25) is 4.79 Å². The number of carbonyl (C=O) groups is 1. The molecule has 6 nitrogen and oxygen atoms in total. The summed E-state index contributed by atoms with van der Waals surface area (Å²) in [5, 5.41) is 3.25. The number of hydrogen-bond donors (Lipinski definition) is 0. The van der Waals surface area contributed by atoms with Crippen LogP contribution in [0, 0.1) is 5.82 Å². The average Bonchev–Trinajstić information content (AvgIpc) is 3.14. The zero-order valence-corrected chi connectivity index (χ0v) is 15.6. The Morgan fingerprint density at radius 1 is 1.10 bits per heavy atom. The molecule has 0 aliphatic carbocycles. The third-order valence-corrected chi connectivity index (χ3v) is 5.10. The van der Waals surface area contributed by atoms with E-state index in [1.807, 2.05) is 0 Å². The zero-order valence-electron chi connectivity index (χ0n) is 14.8. The van der Waals surface area contributed by atoms with Gasteiger partial charge in [0, 0.05) is 17.4 Å². The van der Waals surface area contributed by atoms with E-state index in [4.69, 9.17) is 0 Å². The molecule has 29 heavy (non-hydrogen) atoms. The highest BCUT2D eigenvalue weighted by Gasteiger charge is 2.38. The molecule has 1 heterocycles. The lowest BCUT2D eigenvalue weighted by Gasteiger charge is -2.05. The van der Waals surface area contributed by atoms with Crippen LogP contribution in [0.3, 0.4) is 0 Å². The second kappa shape index (κ2) is 7.74. The van der Waals surface area contributed by atoms with E-state index in [1.54, 1.807) is 0 Å². The summed E-state index contributed by atoms with van der Waals surface area (Å²) in [5.74, 6) is -3.00. The van der Waals surface area contributed by atoms with Gasteiger partial charge in [0.15, 0.2) is 0 Å². The Labute approximate surface area is 162 Å². The summed E-state index contributed by atoms with van der Waals surface area (Å²) in [6, 6.07) is 10.6. The fourth-order valence-corrected chi connectivity index (χ4v) is 3.70. The van der Waals surface area contributed by atoms with Gasteiger partial charge in [-0.05, 0) is 29.8 Å². The number of hydrogen-bond acceptors (Lipinski definition) is 5. The maximum absolute atomic E-state index is 12.9. The first-order chi connectivity index (χ1) is 13.5. The van der Waals surface area contributed by atoms with Gasteiger partial charge in [-0.15, -0.1) is 0 Å². The highest BCUT2D eigenvalue weighted by molar-refractivity contribution is 7.92. The van der Waals surface area contributed by atoms with E-state index < -0.39 is 33.5 Å². The van der Waals surface area contributed by atoms with Gasteiger partial charge in [-0.2, -0.15) is 22.5 Å². The van der Waals surface area contributed by atoms with Crippen LogP contribution in [-0.2, 0) is 21.7 Å². The molecule has 1 atom stereocenters. The minimum absolute atomic E-state index is 0.0415. The molecule has 0 spiro atoms. The smallest absolute Gasteiger partial charge is 0.329 e. The average molecular weight is 427 g/mol. The molecule has 0 bridgehead atoms. The minimum Gasteiger partial charge on any atom is -0.329 e. The van der Waals surface area contributed by atoms with E-state index in [9.17, 15) is 26.6 Å². The standard InChI is InChI=1S/C18H13F4N3O3S/c1-29(27,10-11-2-8-14(19)9-3-11)25-16(26)13-6-4-12(5-7-13)15-23-17(28-24-15)18(20,21)22/h2-9H,10H2,1H3. The van der Waals surface area contributed by atoms with Gasteiger partial charge >= 0.3 is 12.1 Å². The third kappa shape index (κ3) is 5.25. The molecule has 3 rings (SSSR count). The molecule has 2 aromatic carbocycles. The molecule has 1 unspecified atom stereocenters. The quantitative estimate of drug-likeness (QED) is 0.579. The number of amides is 1. The number of nitrogens with zero attached hydrogens (tertiary/aromatic N) is 3. The van der Waals surface area contributed by atoms with E-state index in [0.717, 1.165) is 0 Å². The second-order valence-electron chi connectivity index (χ2n) is 6.12. The fourth-order valence-electron chi connectivity index (χ4n) is 2.37. The molecule has 11 heteroatoms. The van der Waals surface area contributed by atoms with Crippen LogP contribution in [0.25, 0.3) is 11.4 Å². The molecular weight excluding hydrogens is 414 g/mol. The predicted octanol–water partition coefficient (Wildman–Crippen LogP) is 4.33. The van der Waals surface area contributed by atoms with Gasteiger partial charge in [0.05, 0.1) is 15.5 Å². The molecule has 0 aliphatic rings. The van der Waals surface area contributed by atoms with Crippen LogP contribution in [0.5, 0.6) is 0 Å². The highest BCUT2D eigenvalue weighted by atomic mass is 32.2. The fraction of sp³-hybridized carbons (Fsp3) is 0.167. The van der Waals surface area contributed by atoms with Crippen molar-refractivity contribution >= 4 is 15.6 Å². The lowest BCUT2D eigenvalue weighted by atomic mass is 10.1. The van der Waals surface area contributed by atoms with Gasteiger partial charge in [0.25, 0.3) is 5.91 Å². The Balaban J connectivity index is 1.77. The number of rotatable bonds is 4. The molecule has 0 radical (unpaired) electrons. The first kappa shape index (κ1) is 20.6. The third-order valence-electron chi connectivity index (χ3n) is 3.68. The van der Waals surface area contributed by atoms with Crippen LogP contribution in [0.4, 0.5) is 17.6 Å². The van der Waals surface area contributed by atoms with Crippen molar-refractivity contribution in [1.29, 1.82) is 0 Å². The van der Waals surface area contributed by atoms with E-state index in [1.165, 1.54) is 54.8 Å². The van der Waals surface area contributed by atoms with Crippen molar-refractivity contribution in [3.8, 4) is 11.4 Å². The Morgan fingerprint density at radius 2 is 1.72 bits per heavy atom. The molecule has 1 amide bonds. The summed E-state index contributed by atoms with van der Waals surface area (Å²) in [7, 11) is -2.93. The molecule has 1 aromatic heterocycles. The van der Waals surface area contributed by atoms with Crippen molar-refractivity contribution in [2.24, 2.45) is 4.36 Å². The van der Waals surface area contributed by atoms with Crippen LogP contribution in [0.2, 0.25) is 0 Å². The van der Waals surface area contributed by atoms with Crippen molar-refractivity contribution in [2.75, 3.05) is 6.26 Å². The second-order valence-corrected chi connectivity index (χ2v) is 8.51. The molecule has 152 valence electrons. The Hall–Kier alpha value is -3.08. The number of carbonyl (C=O) groups excluding carboxylic acids is 1. The van der Waals surface area contributed by atoms with Crippen LogP contribution < -0.4 is 0 Å². The van der Waals surface area contributed by atoms with E-state index in [0.29, 0.717) is 5.56 Å². The Bertz CT molecular complexity index is 1150. The van der Waals surface area contributed by atoms with Crippen molar-refractivity contribution in [3.63, 3.8) is 0 Å². The Kier molecular flexibility index (Phi) is 5.51. The first-order valence-corrected chi connectivity index (χ1v) is 10.1. The molecule has 0 N–H and O–H groups in total. The first-order valence-electron chi connectivity index (χ1n) is 8.03. The maximum atomic E-state index is 12.9. The van der Waals surface area contributed by atoms with Gasteiger partial charge in [-0.25, -0.2) is 8.60 Å². The molecule has 0 fully saturated rings. The predicted molar refractivity (Wildman–Crippen MR) is 95.7 cm³/mol. The van der Waals surface area contributed by atoms with Gasteiger partial charge in [-0.1, -0.05) is 29.4 Å². The van der Waals surface area contributed by atoms with Crippen molar-refractivity contribution in [3.05, 3.63) is 71.4 Å². The van der Waals surface area contributed by atoms with E-state index in [2.05, 4.69) is 19.0 Å². The van der Waals surface area contributed by atoms with Gasteiger partial charge in [0.1, 0.15) is 5.82 Å². The molecular formula is C18H13F4N3O3S. The van der Waals surface area contributed by atoms with Crippen molar-refractivity contribution in [1.82, 2.24) is 10.1 Å². The lowest BCUT2D eigenvalue weighted by molar-refractivity contribution is -0.159. The maximum Gasteiger partial charge on any atom is 0.471 e. The summed E-state index contributed by atoms with van der Waals surface area (Å²) in [4.78, 5) is 15.5. The number of alkyl halides is 3. The van der Waals surface area contributed by atoms with Crippen molar-refractivity contribution < 1.29 is 31.1 Å². The lowest BCUT2D eigenvalue weighted by Crippen LogP contribution is -2.06. The van der Waals surface area contributed by atoms with Crippen LogP contribution in [0.15, 0.2) is 57.4 Å². The largest absolute Gasteiger partial charge is 0.471 e. The molecule has 3 aromatic rings. The normalized spacial score (nSPS) is 13.7. The summed E-state index contributed by atoms with van der Waals surface area (Å²) < 4.78 is 71.0. The van der Waals surface area contributed by atoms with Crippen molar-refractivity contribution in [2.45, 2.75) is 11.9 Å². The minimum atomic E-state index is -4.76. The summed E-state index contributed by atoms with van der Waals surface area (Å²) in [6.07, 6.45) is -3.45. The number of halogens is 4. The highest BCUT2D eigenvalue weighted by Crippen LogP contribution is 2.29. The van der Waals surface area contributed by atoms with Gasteiger partial charge < -0.3 is 4.52 Å². The number of aromatic nitrogens is 2. The van der Waals surface area contributed by atoms with Gasteiger partial charge in [0.2, 0.25) is 5.82 Å². The zero-order chi connectivity index (χ0) is 21.2. The van der Waals surface area contributed by atoms with Crippen LogP contribution in [-0.4, -0.2) is 26.5 Å². The Morgan fingerprint density at radius 3 is 2.28 bits per heavy atom. The number of benzene rings is 2. The monoisotopic (exact) mass is 427 g/mol. The van der Waals surface area contributed by atoms with E-state index >= 15 is 0 Å². The molecule has 0 saturated carbocycles. The van der Waals surface area contributed by atoms with Crippen LogP contribution in [0.1, 0.15) is 21.8 Å². The van der Waals surface area contributed by atoms with Crippen LogP contribution >= 0.6 is 0 Å². The summed E-state index contributed by atoms with van der Waals surface area (Å²) in [5.41, 5.74) is 0.842.